The number of likely N-dealkylation sites (tertiary alicyclic amines) is 1. The van der Waals surface area contributed by atoms with E-state index < -0.39 is 23.4 Å². The second-order valence-corrected chi connectivity index (χ2v) is 10.7. The van der Waals surface area contributed by atoms with Gasteiger partial charge in [-0.05, 0) is 76.5 Å². The van der Waals surface area contributed by atoms with Crippen molar-refractivity contribution in [1.29, 1.82) is 0 Å². The molecule has 0 atom stereocenters. The van der Waals surface area contributed by atoms with E-state index in [0.29, 0.717) is 28.9 Å². The zero-order valence-electron chi connectivity index (χ0n) is 23.6. The Morgan fingerprint density at radius 2 is 1.80 bits per heavy atom. The number of benzene rings is 2. The molecule has 2 aliphatic rings. The fraction of sp³-hybridized carbons (Fsp3) is 0.400. The number of para-hydroxylation sites is 1. The average molecular weight is 564 g/mol. The normalized spacial score (nSPS) is 15.5. The number of anilines is 3. The van der Waals surface area contributed by atoms with E-state index in [-0.39, 0.29) is 30.3 Å². The van der Waals surface area contributed by atoms with Crippen LogP contribution in [0.1, 0.15) is 54.6 Å². The van der Waals surface area contributed by atoms with Crippen molar-refractivity contribution in [2.45, 2.75) is 52.6 Å². The maximum Gasteiger partial charge on any atom is 0.328 e. The summed E-state index contributed by atoms with van der Waals surface area (Å²) in [6.45, 7) is 9.11. The van der Waals surface area contributed by atoms with Gasteiger partial charge in [-0.1, -0.05) is 18.6 Å². The lowest BCUT2D eigenvalue weighted by Crippen LogP contribution is -2.43. The molecule has 0 spiro atoms. The van der Waals surface area contributed by atoms with Crippen LogP contribution < -0.4 is 20.9 Å². The summed E-state index contributed by atoms with van der Waals surface area (Å²) in [4.78, 5) is 38.7. The summed E-state index contributed by atoms with van der Waals surface area (Å²) in [5, 5.41) is 8.87. The average Bonchev–Trinajstić information content (AvgIpc) is 2.94. The van der Waals surface area contributed by atoms with E-state index in [9.17, 15) is 18.4 Å². The van der Waals surface area contributed by atoms with Crippen LogP contribution in [0.5, 0.6) is 0 Å². The second-order valence-electron chi connectivity index (χ2n) is 10.7. The van der Waals surface area contributed by atoms with E-state index in [1.807, 2.05) is 26.8 Å². The van der Waals surface area contributed by atoms with Gasteiger partial charge in [0.1, 0.15) is 17.3 Å². The Hall–Kier alpha value is -4.12. The van der Waals surface area contributed by atoms with Crippen LogP contribution in [-0.2, 0) is 6.54 Å². The lowest BCUT2D eigenvalue weighted by Gasteiger charge is -2.31. The number of hydrogen-bond donors (Lipinski definition) is 3. The molecule has 2 aliphatic heterocycles. The van der Waals surface area contributed by atoms with Gasteiger partial charge in [-0.15, -0.1) is 0 Å². The third-order valence-electron chi connectivity index (χ3n) is 7.31. The first-order valence-corrected chi connectivity index (χ1v) is 14.0. The van der Waals surface area contributed by atoms with Crippen molar-refractivity contribution in [3.05, 3.63) is 64.7 Å². The Bertz CT molecular complexity index is 1440. The standard InChI is InChI=1S/C30H35F2N7O2/c1-18(2)35-28(40)20-11-10-19(3)21(16-20)25-22-17-34-30(41)39(26-23(31)8-7-9-24(26)32)27(22)37-29(36-25)33-12-15-38-13-5-4-6-14-38/h7-11,16,18H,4-6,12-15,17H2,1-3H3,(H,34,41)(H,35,40)(H,33,36,37). The molecule has 3 aromatic rings. The van der Waals surface area contributed by atoms with E-state index in [0.717, 1.165) is 55.1 Å². The lowest BCUT2D eigenvalue weighted by atomic mass is 9.97. The smallest absolute Gasteiger partial charge is 0.328 e. The molecule has 11 heteroatoms. The van der Waals surface area contributed by atoms with Crippen molar-refractivity contribution in [1.82, 2.24) is 25.5 Å². The highest BCUT2D eigenvalue weighted by Gasteiger charge is 2.34. The van der Waals surface area contributed by atoms with Gasteiger partial charge >= 0.3 is 6.03 Å². The molecule has 216 valence electrons. The summed E-state index contributed by atoms with van der Waals surface area (Å²) < 4.78 is 29.9. The molecule has 0 radical (unpaired) electrons. The molecule has 0 saturated carbocycles. The molecule has 1 aromatic heterocycles. The van der Waals surface area contributed by atoms with Gasteiger partial charge in [0, 0.05) is 35.8 Å². The van der Waals surface area contributed by atoms with Gasteiger partial charge in [0.15, 0.2) is 5.82 Å². The first-order chi connectivity index (χ1) is 19.7. The highest BCUT2D eigenvalue weighted by Crippen LogP contribution is 2.39. The molecule has 2 aromatic carbocycles. The molecule has 9 nitrogen and oxygen atoms in total. The van der Waals surface area contributed by atoms with E-state index in [2.05, 4.69) is 25.8 Å². The number of amides is 3. The predicted molar refractivity (Wildman–Crippen MR) is 154 cm³/mol. The highest BCUT2D eigenvalue weighted by atomic mass is 19.1. The number of nitrogens with zero attached hydrogens (tertiary/aromatic N) is 4. The van der Waals surface area contributed by atoms with Crippen molar-refractivity contribution in [2.75, 3.05) is 36.4 Å². The summed E-state index contributed by atoms with van der Waals surface area (Å²) >= 11 is 0. The zero-order valence-corrected chi connectivity index (χ0v) is 23.6. The van der Waals surface area contributed by atoms with Crippen LogP contribution in [-0.4, -0.2) is 59.0 Å². The number of nitrogens with one attached hydrogen (secondary N) is 3. The Morgan fingerprint density at radius 1 is 1.07 bits per heavy atom. The SMILES string of the molecule is Cc1ccc(C(=O)NC(C)C)cc1-c1nc(NCCN2CCCCC2)nc2c1CNC(=O)N2c1c(F)cccc1F. The minimum Gasteiger partial charge on any atom is -0.353 e. The van der Waals surface area contributed by atoms with Crippen molar-refractivity contribution in [2.24, 2.45) is 0 Å². The molecular weight excluding hydrogens is 528 g/mol. The first-order valence-electron chi connectivity index (χ1n) is 14.0. The maximum absolute atomic E-state index is 15.0. The molecule has 3 N–H and O–H groups in total. The largest absolute Gasteiger partial charge is 0.353 e. The fourth-order valence-electron chi connectivity index (χ4n) is 5.24. The molecule has 41 heavy (non-hydrogen) atoms. The number of hydrogen-bond acceptors (Lipinski definition) is 6. The molecule has 0 aliphatic carbocycles. The fourth-order valence-corrected chi connectivity index (χ4v) is 5.24. The third-order valence-corrected chi connectivity index (χ3v) is 7.31. The summed E-state index contributed by atoms with van der Waals surface area (Å²) in [6, 6.07) is 8.01. The minimum absolute atomic E-state index is 0.0470. The summed E-state index contributed by atoms with van der Waals surface area (Å²) in [5.74, 6) is -1.71. The first kappa shape index (κ1) is 28.4. The van der Waals surface area contributed by atoms with Gasteiger partial charge in [0.05, 0.1) is 12.2 Å². The van der Waals surface area contributed by atoms with Crippen LogP contribution in [0.15, 0.2) is 36.4 Å². The number of fused-ring (bicyclic) bond motifs is 1. The lowest BCUT2D eigenvalue weighted by molar-refractivity contribution is 0.0943. The molecule has 1 saturated heterocycles. The zero-order chi connectivity index (χ0) is 29.1. The van der Waals surface area contributed by atoms with E-state index in [1.54, 1.807) is 12.1 Å². The number of rotatable bonds is 8. The quantitative estimate of drug-likeness (QED) is 0.351. The number of halogens is 2. The summed E-state index contributed by atoms with van der Waals surface area (Å²) in [7, 11) is 0. The maximum atomic E-state index is 15.0. The van der Waals surface area contributed by atoms with Crippen molar-refractivity contribution in [3.63, 3.8) is 0 Å². The number of piperidine rings is 1. The molecule has 5 rings (SSSR count). The van der Waals surface area contributed by atoms with E-state index in [1.165, 1.54) is 12.5 Å². The topological polar surface area (TPSA) is 102 Å². The van der Waals surface area contributed by atoms with E-state index in [4.69, 9.17) is 4.98 Å². The Balaban J connectivity index is 1.61. The van der Waals surface area contributed by atoms with E-state index >= 15 is 0 Å². The number of carbonyl (C=O) groups is 2. The summed E-state index contributed by atoms with van der Waals surface area (Å²) in [6.07, 6.45) is 3.56. The van der Waals surface area contributed by atoms with Crippen molar-refractivity contribution in [3.8, 4) is 11.3 Å². The van der Waals surface area contributed by atoms with Crippen LogP contribution in [0.2, 0.25) is 0 Å². The molecule has 0 bridgehead atoms. The van der Waals surface area contributed by atoms with Gasteiger partial charge < -0.3 is 20.9 Å². The van der Waals surface area contributed by atoms with Crippen molar-refractivity contribution < 1.29 is 18.4 Å². The highest BCUT2D eigenvalue weighted by molar-refractivity contribution is 6.02. The molecule has 3 heterocycles. The van der Waals surface area contributed by atoms with Crippen LogP contribution >= 0.6 is 0 Å². The van der Waals surface area contributed by atoms with Crippen LogP contribution in [0.3, 0.4) is 0 Å². The number of carbonyl (C=O) groups excluding carboxylic acids is 2. The van der Waals surface area contributed by atoms with Gasteiger partial charge in [-0.3, -0.25) is 4.79 Å². The van der Waals surface area contributed by atoms with Gasteiger partial charge in [-0.2, -0.15) is 4.98 Å². The Morgan fingerprint density at radius 3 is 2.51 bits per heavy atom. The molecule has 1 fully saturated rings. The predicted octanol–water partition coefficient (Wildman–Crippen LogP) is 5.13. The van der Waals surface area contributed by atoms with Gasteiger partial charge in [0.25, 0.3) is 5.91 Å². The van der Waals surface area contributed by atoms with Gasteiger partial charge in [-0.25, -0.2) is 23.5 Å². The third kappa shape index (κ3) is 6.14. The number of urea groups is 1. The monoisotopic (exact) mass is 563 g/mol. The second kappa shape index (κ2) is 12.2. The van der Waals surface area contributed by atoms with Crippen molar-refractivity contribution >= 4 is 29.4 Å². The summed E-state index contributed by atoms with van der Waals surface area (Å²) in [5.41, 5.74) is 2.38. The Kier molecular flexibility index (Phi) is 8.44. The Labute approximate surface area is 238 Å². The number of aryl methyl sites for hydroxylation is 1. The van der Waals surface area contributed by atoms with Crippen LogP contribution in [0, 0.1) is 18.6 Å². The van der Waals surface area contributed by atoms with Gasteiger partial charge in [0.2, 0.25) is 5.95 Å². The molecule has 3 amide bonds. The van der Waals surface area contributed by atoms with Crippen LogP contribution in [0.4, 0.5) is 31.0 Å². The number of aromatic nitrogens is 2. The molecule has 0 unspecified atom stereocenters. The minimum atomic E-state index is -0.892. The van der Waals surface area contributed by atoms with Crippen LogP contribution in [0.25, 0.3) is 11.3 Å². The molecular formula is C30H35F2N7O2.